The number of piperidine rings is 1. The fourth-order valence-corrected chi connectivity index (χ4v) is 3.70. The Morgan fingerprint density at radius 3 is 2.80 bits per heavy atom. The van der Waals surface area contributed by atoms with Gasteiger partial charge in [0, 0.05) is 6.54 Å². The molecule has 0 aliphatic carbocycles. The number of hydrogen-bond donors (Lipinski definition) is 1. The highest BCUT2D eigenvalue weighted by Gasteiger charge is 2.27. The van der Waals surface area contributed by atoms with E-state index in [4.69, 9.17) is 21.1 Å². The van der Waals surface area contributed by atoms with Gasteiger partial charge in [-0.1, -0.05) is 25.4 Å². The Balaban J connectivity index is 2.08. The lowest BCUT2D eigenvalue weighted by Gasteiger charge is -2.30. The number of hydrogen-bond acceptors (Lipinski definition) is 3. The minimum atomic E-state index is 0.384. The second-order valence-corrected chi connectivity index (χ2v) is 6.29. The first-order valence-corrected chi connectivity index (χ1v) is 7.89. The van der Waals surface area contributed by atoms with Crippen molar-refractivity contribution in [3.63, 3.8) is 0 Å². The van der Waals surface area contributed by atoms with Gasteiger partial charge >= 0.3 is 0 Å². The summed E-state index contributed by atoms with van der Waals surface area (Å²) in [4.78, 5) is 0. The van der Waals surface area contributed by atoms with Crippen LogP contribution >= 0.6 is 11.6 Å². The van der Waals surface area contributed by atoms with Crippen LogP contribution in [0.2, 0.25) is 5.02 Å². The Morgan fingerprint density at radius 1 is 1.30 bits per heavy atom. The van der Waals surface area contributed by atoms with Crippen molar-refractivity contribution in [2.75, 3.05) is 26.3 Å². The fourth-order valence-electron chi connectivity index (χ4n) is 3.22. The van der Waals surface area contributed by atoms with E-state index in [1.807, 2.05) is 0 Å². The molecule has 2 heterocycles. The predicted octanol–water partition coefficient (Wildman–Crippen LogP) is 3.70. The lowest BCUT2D eigenvalue weighted by Crippen LogP contribution is -2.29. The lowest BCUT2D eigenvalue weighted by molar-refractivity contribution is 0.171. The number of fused-ring (bicyclic) bond motifs is 1. The average Bonchev–Trinajstić information content (AvgIpc) is 2.47. The van der Waals surface area contributed by atoms with Gasteiger partial charge in [0.1, 0.15) is 13.2 Å². The highest BCUT2D eigenvalue weighted by Crippen LogP contribution is 2.46. The van der Waals surface area contributed by atoms with E-state index in [-0.39, 0.29) is 0 Å². The summed E-state index contributed by atoms with van der Waals surface area (Å²) < 4.78 is 11.5. The molecule has 0 amide bonds. The van der Waals surface area contributed by atoms with Crippen molar-refractivity contribution in [1.29, 1.82) is 0 Å². The maximum Gasteiger partial charge on any atom is 0.180 e. The molecule has 0 radical (unpaired) electrons. The first kappa shape index (κ1) is 14.0. The van der Waals surface area contributed by atoms with Crippen LogP contribution in [-0.2, 0) is 0 Å². The Labute approximate surface area is 125 Å². The molecule has 1 N–H and O–H groups in total. The van der Waals surface area contributed by atoms with E-state index in [0.717, 1.165) is 29.6 Å². The van der Waals surface area contributed by atoms with Crippen molar-refractivity contribution >= 4 is 11.6 Å². The van der Waals surface area contributed by atoms with Gasteiger partial charge in [-0.05, 0) is 48.4 Å². The van der Waals surface area contributed by atoms with Crippen molar-refractivity contribution in [2.24, 2.45) is 0 Å². The zero-order valence-corrected chi connectivity index (χ0v) is 12.9. The molecule has 3 rings (SSSR count). The molecule has 2 aliphatic rings. The highest BCUT2D eigenvalue weighted by molar-refractivity contribution is 6.33. The van der Waals surface area contributed by atoms with Crippen molar-refractivity contribution < 1.29 is 9.47 Å². The van der Waals surface area contributed by atoms with Crippen LogP contribution in [0.1, 0.15) is 49.7 Å². The van der Waals surface area contributed by atoms with E-state index in [1.54, 1.807) is 0 Å². The number of halogens is 1. The quantitative estimate of drug-likeness (QED) is 0.902. The van der Waals surface area contributed by atoms with Crippen molar-refractivity contribution in [3.8, 4) is 11.5 Å². The second kappa shape index (κ2) is 5.82. The molecule has 0 aromatic heterocycles. The van der Waals surface area contributed by atoms with E-state index in [0.29, 0.717) is 25.0 Å². The van der Waals surface area contributed by atoms with Gasteiger partial charge in [0.05, 0.1) is 5.02 Å². The second-order valence-electron chi connectivity index (χ2n) is 5.92. The standard InChI is InChI=1S/C16H22ClNO2/c1-10(2)14-12(11-4-3-5-18-9-11)8-13-16(15(14)17)20-7-6-19-13/h8,10-11,18H,3-7,9H2,1-2H3. The van der Waals surface area contributed by atoms with E-state index < -0.39 is 0 Å². The largest absolute Gasteiger partial charge is 0.486 e. The van der Waals surface area contributed by atoms with Gasteiger partial charge in [-0.2, -0.15) is 0 Å². The molecule has 1 fully saturated rings. The van der Waals surface area contributed by atoms with Gasteiger partial charge in [0.15, 0.2) is 11.5 Å². The molecule has 4 heteroatoms. The summed E-state index contributed by atoms with van der Waals surface area (Å²) in [5, 5.41) is 4.23. The van der Waals surface area contributed by atoms with Crippen molar-refractivity contribution in [2.45, 2.75) is 38.5 Å². The van der Waals surface area contributed by atoms with Crippen molar-refractivity contribution in [1.82, 2.24) is 5.32 Å². The number of rotatable bonds is 2. The summed E-state index contributed by atoms with van der Waals surface area (Å²) in [6.07, 6.45) is 2.43. The molecule has 1 atom stereocenters. The molecule has 3 nitrogen and oxygen atoms in total. The third kappa shape index (κ3) is 2.49. The highest BCUT2D eigenvalue weighted by atomic mass is 35.5. The van der Waals surface area contributed by atoms with Crippen LogP contribution in [0.15, 0.2) is 6.07 Å². The zero-order valence-electron chi connectivity index (χ0n) is 12.2. The predicted molar refractivity (Wildman–Crippen MR) is 81.4 cm³/mol. The molecule has 1 saturated heterocycles. The fraction of sp³-hybridized carbons (Fsp3) is 0.625. The summed E-state index contributed by atoms with van der Waals surface area (Å²) in [7, 11) is 0. The molecular formula is C16H22ClNO2. The topological polar surface area (TPSA) is 30.5 Å². The molecule has 20 heavy (non-hydrogen) atoms. The maximum absolute atomic E-state index is 6.62. The molecule has 0 spiro atoms. The molecule has 0 saturated carbocycles. The van der Waals surface area contributed by atoms with Crippen LogP contribution < -0.4 is 14.8 Å². The van der Waals surface area contributed by atoms with Crippen LogP contribution in [0.4, 0.5) is 0 Å². The van der Waals surface area contributed by atoms with Gasteiger partial charge < -0.3 is 14.8 Å². The number of benzene rings is 1. The molecule has 1 aromatic carbocycles. The molecule has 1 unspecified atom stereocenters. The van der Waals surface area contributed by atoms with Crippen LogP contribution in [0.3, 0.4) is 0 Å². The molecule has 2 aliphatic heterocycles. The van der Waals surface area contributed by atoms with Crippen molar-refractivity contribution in [3.05, 3.63) is 22.2 Å². The summed E-state index contributed by atoms with van der Waals surface area (Å²) >= 11 is 6.62. The average molecular weight is 296 g/mol. The van der Waals surface area contributed by atoms with Crippen LogP contribution in [0.25, 0.3) is 0 Å². The summed E-state index contributed by atoms with van der Waals surface area (Å²) in [5.41, 5.74) is 2.56. The minimum Gasteiger partial charge on any atom is -0.486 e. The Morgan fingerprint density at radius 2 is 2.10 bits per heavy atom. The summed E-state index contributed by atoms with van der Waals surface area (Å²) in [6, 6.07) is 2.16. The monoisotopic (exact) mass is 295 g/mol. The van der Waals surface area contributed by atoms with Gasteiger partial charge in [0.25, 0.3) is 0 Å². The molecular weight excluding hydrogens is 274 g/mol. The zero-order chi connectivity index (χ0) is 14.1. The van der Waals surface area contributed by atoms with E-state index >= 15 is 0 Å². The number of ether oxygens (including phenoxy) is 2. The first-order valence-electron chi connectivity index (χ1n) is 7.51. The third-order valence-electron chi connectivity index (χ3n) is 4.16. The van der Waals surface area contributed by atoms with E-state index in [9.17, 15) is 0 Å². The Bertz CT molecular complexity index is 496. The Hall–Kier alpha value is -0.930. The Kier molecular flexibility index (Phi) is 4.08. The minimum absolute atomic E-state index is 0.384. The van der Waals surface area contributed by atoms with Gasteiger partial charge in [-0.3, -0.25) is 0 Å². The molecule has 110 valence electrons. The molecule has 0 bridgehead atoms. The number of nitrogens with one attached hydrogen (secondary N) is 1. The maximum atomic E-state index is 6.62. The van der Waals surface area contributed by atoms with Gasteiger partial charge in [-0.25, -0.2) is 0 Å². The molecule has 1 aromatic rings. The summed E-state index contributed by atoms with van der Waals surface area (Å²) in [6.45, 7) is 7.71. The lowest BCUT2D eigenvalue weighted by atomic mass is 9.84. The third-order valence-corrected chi connectivity index (χ3v) is 4.53. The summed E-state index contributed by atoms with van der Waals surface area (Å²) in [5.74, 6) is 2.45. The first-order chi connectivity index (χ1) is 9.68. The van der Waals surface area contributed by atoms with E-state index in [1.165, 1.54) is 24.0 Å². The van der Waals surface area contributed by atoms with Crippen LogP contribution in [0.5, 0.6) is 11.5 Å². The van der Waals surface area contributed by atoms with E-state index in [2.05, 4.69) is 25.2 Å². The van der Waals surface area contributed by atoms with Crippen LogP contribution in [-0.4, -0.2) is 26.3 Å². The normalized spacial score (nSPS) is 22.1. The SMILES string of the molecule is CC(C)c1c(C2CCCNC2)cc2c(c1Cl)OCCO2. The van der Waals surface area contributed by atoms with Gasteiger partial charge in [-0.15, -0.1) is 0 Å². The smallest absolute Gasteiger partial charge is 0.180 e. The van der Waals surface area contributed by atoms with Gasteiger partial charge in [0.2, 0.25) is 0 Å². The van der Waals surface area contributed by atoms with Crippen LogP contribution in [0, 0.1) is 0 Å².